The zero-order valence-electron chi connectivity index (χ0n) is 23.6. The molecule has 0 rings (SSSR count). The summed E-state index contributed by atoms with van der Waals surface area (Å²) in [5.41, 5.74) is 0. The van der Waals surface area contributed by atoms with Gasteiger partial charge in [-0.25, -0.2) is 4.57 Å². The molecule has 0 saturated carbocycles. The monoisotopic (exact) mass is 516 g/mol. The van der Waals surface area contributed by atoms with E-state index in [-0.39, 0.29) is 0 Å². The zero-order chi connectivity index (χ0) is 26.3. The summed E-state index contributed by atoms with van der Waals surface area (Å²) >= 11 is 0. The molecule has 5 nitrogen and oxygen atoms in total. The third-order valence-corrected chi connectivity index (χ3v) is 6.81. The Labute approximate surface area is 218 Å². The van der Waals surface area contributed by atoms with Gasteiger partial charge in [-0.1, -0.05) is 95.4 Å². The van der Waals surface area contributed by atoms with E-state index >= 15 is 0 Å². The van der Waals surface area contributed by atoms with Gasteiger partial charge in [0.1, 0.15) is 12.6 Å². The number of phosphoric acid groups is 1. The second-order valence-electron chi connectivity index (χ2n) is 11.2. The maximum absolute atomic E-state index is 11.2. The number of nitrogens with zero attached hydrogens (tertiary/aromatic N) is 1. The number of hydrogen-bond donors (Lipinski definition) is 2. The van der Waals surface area contributed by atoms with E-state index in [2.05, 4.69) is 31.2 Å². The molecule has 0 fully saturated rings. The number of quaternary nitrogens is 1. The fraction of sp³-hybridized carbons (Fsp3) is 0.862. The van der Waals surface area contributed by atoms with Gasteiger partial charge in [-0.3, -0.25) is 4.52 Å². The standard InChI is InChI=1S/C29H58NO4P/c1-5-6-7-8-9-10-11-12-13-14-15-16-17-18-19-20-21-22-23-24-25-26-27-29(28-30(2,3)4)34-35(31,32)33/h13-14,21-22,29H,5-12,15-20,23-28H2,1-4H3,(H-,31,32,33)/p+1/b14-13-,22-21-. The van der Waals surface area contributed by atoms with Gasteiger partial charge in [-0.2, -0.15) is 0 Å². The summed E-state index contributed by atoms with van der Waals surface area (Å²) < 4.78 is 16.8. The average molecular weight is 517 g/mol. The first-order valence-corrected chi connectivity index (χ1v) is 16.0. The molecule has 2 N–H and O–H groups in total. The van der Waals surface area contributed by atoms with Crippen molar-refractivity contribution in [3.05, 3.63) is 24.3 Å². The second kappa shape index (κ2) is 22.7. The highest BCUT2D eigenvalue weighted by Gasteiger charge is 2.26. The van der Waals surface area contributed by atoms with Crippen LogP contribution < -0.4 is 0 Å². The molecule has 0 spiro atoms. The Bertz CT molecular complexity index is 566. The van der Waals surface area contributed by atoms with Crippen molar-refractivity contribution in [3.63, 3.8) is 0 Å². The molecule has 1 atom stereocenters. The highest BCUT2D eigenvalue weighted by molar-refractivity contribution is 7.46. The van der Waals surface area contributed by atoms with Crippen molar-refractivity contribution in [2.24, 2.45) is 0 Å². The quantitative estimate of drug-likeness (QED) is 0.0551. The molecule has 0 aliphatic heterocycles. The van der Waals surface area contributed by atoms with Crippen molar-refractivity contribution >= 4 is 7.82 Å². The third-order valence-electron chi connectivity index (χ3n) is 6.23. The Hall–Kier alpha value is -0.450. The lowest BCUT2D eigenvalue weighted by Gasteiger charge is -2.29. The summed E-state index contributed by atoms with van der Waals surface area (Å²) in [6, 6.07) is 0. The van der Waals surface area contributed by atoms with Crippen LogP contribution in [0.4, 0.5) is 0 Å². The summed E-state index contributed by atoms with van der Waals surface area (Å²) in [7, 11) is 1.60. The van der Waals surface area contributed by atoms with Crippen molar-refractivity contribution in [1.29, 1.82) is 0 Å². The van der Waals surface area contributed by atoms with E-state index < -0.39 is 13.9 Å². The predicted octanol–water partition coefficient (Wildman–Crippen LogP) is 8.71. The topological polar surface area (TPSA) is 66.8 Å². The van der Waals surface area contributed by atoms with Crippen LogP contribution in [-0.2, 0) is 9.09 Å². The Morgan fingerprint density at radius 3 is 1.40 bits per heavy atom. The van der Waals surface area contributed by atoms with Crippen molar-refractivity contribution in [2.45, 2.75) is 135 Å². The summed E-state index contributed by atoms with van der Waals surface area (Å²) in [5.74, 6) is 0. The van der Waals surface area contributed by atoms with E-state index in [1.54, 1.807) is 0 Å². The van der Waals surface area contributed by atoms with Crippen LogP contribution in [0.15, 0.2) is 24.3 Å². The lowest BCUT2D eigenvalue weighted by Crippen LogP contribution is -2.42. The molecule has 6 heteroatoms. The Kier molecular flexibility index (Phi) is 22.4. The first-order chi connectivity index (χ1) is 16.6. The normalized spacial score (nSPS) is 13.9. The molecule has 0 bridgehead atoms. The van der Waals surface area contributed by atoms with Crippen LogP contribution in [0.1, 0.15) is 129 Å². The van der Waals surface area contributed by atoms with Gasteiger partial charge in [0, 0.05) is 0 Å². The van der Waals surface area contributed by atoms with Crippen molar-refractivity contribution in [2.75, 3.05) is 27.7 Å². The highest BCUT2D eigenvalue weighted by Crippen LogP contribution is 2.39. The number of unbranched alkanes of at least 4 members (excludes halogenated alkanes) is 15. The van der Waals surface area contributed by atoms with Gasteiger partial charge in [0.2, 0.25) is 0 Å². The Morgan fingerprint density at radius 2 is 1.03 bits per heavy atom. The summed E-state index contributed by atoms with van der Waals surface area (Å²) in [4.78, 5) is 18.3. The van der Waals surface area contributed by atoms with Crippen LogP contribution in [0.2, 0.25) is 0 Å². The van der Waals surface area contributed by atoms with Gasteiger partial charge in [-0.05, 0) is 57.8 Å². The SMILES string of the molecule is CCCCCCCCC/C=C\CCCCCC/C=C\CCCCCC(C[N+](C)(C)C)OP(=O)(O)O. The van der Waals surface area contributed by atoms with E-state index in [0.29, 0.717) is 17.4 Å². The van der Waals surface area contributed by atoms with E-state index in [4.69, 9.17) is 14.3 Å². The molecular weight excluding hydrogens is 457 g/mol. The molecule has 0 heterocycles. The minimum atomic E-state index is -4.43. The summed E-state index contributed by atoms with van der Waals surface area (Å²) in [6.45, 7) is 2.87. The van der Waals surface area contributed by atoms with Gasteiger partial charge in [0.05, 0.1) is 21.1 Å². The second-order valence-corrected chi connectivity index (χ2v) is 12.4. The highest BCUT2D eigenvalue weighted by atomic mass is 31.2. The third kappa shape index (κ3) is 29.7. The number of hydrogen-bond acceptors (Lipinski definition) is 2. The van der Waals surface area contributed by atoms with Gasteiger partial charge >= 0.3 is 7.82 Å². The predicted molar refractivity (Wildman–Crippen MR) is 151 cm³/mol. The summed E-state index contributed by atoms with van der Waals surface area (Å²) in [6.07, 6.45) is 32.6. The van der Waals surface area contributed by atoms with Gasteiger partial charge in [0.15, 0.2) is 0 Å². The molecule has 0 radical (unpaired) electrons. The lowest BCUT2D eigenvalue weighted by atomic mass is 10.1. The molecule has 0 aliphatic rings. The molecule has 1 unspecified atom stereocenters. The maximum atomic E-state index is 11.2. The van der Waals surface area contributed by atoms with Gasteiger partial charge in [-0.15, -0.1) is 0 Å². The van der Waals surface area contributed by atoms with Crippen molar-refractivity contribution in [1.82, 2.24) is 0 Å². The van der Waals surface area contributed by atoms with E-state index in [9.17, 15) is 4.57 Å². The zero-order valence-corrected chi connectivity index (χ0v) is 24.5. The smallest absolute Gasteiger partial charge is 0.329 e. The van der Waals surface area contributed by atoms with Crippen LogP contribution in [0, 0.1) is 0 Å². The van der Waals surface area contributed by atoms with E-state index in [0.717, 1.165) is 25.7 Å². The average Bonchev–Trinajstić information content (AvgIpc) is 2.75. The first-order valence-electron chi connectivity index (χ1n) is 14.5. The Morgan fingerprint density at radius 1 is 0.657 bits per heavy atom. The fourth-order valence-corrected chi connectivity index (χ4v) is 4.92. The van der Waals surface area contributed by atoms with Crippen LogP contribution in [0.5, 0.6) is 0 Å². The molecule has 0 aromatic carbocycles. The molecule has 0 aromatic heterocycles. The molecule has 35 heavy (non-hydrogen) atoms. The molecular formula is C29H59NO4P+. The number of likely N-dealkylation sites (N-methyl/N-ethyl adjacent to an activating group) is 1. The largest absolute Gasteiger partial charge is 0.470 e. The van der Waals surface area contributed by atoms with Crippen LogP contribution >= 0.6 is 7.82 Å². The van der Waals surface area contributed by atoms with Crippen LogP contribution in [0.25, 0.3) is 0 Å². The number of phosphoric ester groups is 1. The maximum Gasteiger partial charge on any atom is 0.470 e. The van der Waals surface area contributed by atoms with Crippen molar-refractivity contribution in [3.8, 4) is 0 Å². The number of allylic oxidation sites excluding steroid dienone is 4. The molecule has 0 amide bonds. The minimum Gasteiger partial charge on any atom is -0.329 e. The molecule has 0 saturated heterocycles. The lowest BCUT2D eigenvalue weighted by molar-refractivity contribution is -0.873. The van der Waals surface area contributed by atoms with Crippen molar-refractivity contribution < 1.29 is 23.4 Å². The molecule has 208 valence electrons. The number of rotatable bonds is 25. The summed E-state index contributed by atoms with van der Waals surface area (Å²) in [5, 5.41) is 0. The molecule has 0 aromatic rings. The van der Waals surface area contributed by atoms with E-state index in [1.807, 2.05) is 21.1 Å². The van der Waals surface area contributed by atoms with Crippen LogP contribution in [-0.4, -0.2) is 48.1 Å². The van der Waals surface area contributed by atoms with E-state index in [1.165, 1.54) is 89.9 Å². The first kappa shape index (κ1) is 34.6. The minimum absolute atomic E-state index is 0.396. The van der Waals surface area contributed by atoms with Gasteiger partial charge in [0.25, 0.3) is 0 Å². The van der Waals surface area contributed by atoms with Crippen LogP contribution in [0.3, 0.4) is 0 Å². The Balaban J connectivity index is 3.53. The van der Waals surface area contributed by atoms with Gasteiger partial charge < -0.3 is 14.3 Å². The fourth-order valence-electron chi connectivity index (χ4n) is 4.36. The molecule has 0 aliphatic carbocycles.